The van der Waals surface area contributed by atoms with Crippen molar-refractivity contribution in [2.24, 2.45) is 11.3 Å². The molecule has 2 fully saturated rings. The summed E-state index contributed by atoms with van der Waals surface area (Å²) in [5.74, 6) is -0.486. The number of carbonyl (C=O) groups excluding carboxylic acids is 1. The number of aromatic nitrogens is 3. The number of likely N-dealkylation sites (tertiary alicyclic amines) is 1. The summed E-state index contributed by atoms with van der Waals surface area (Å²) in [6, 6.07) is 1.80. The van der Waals surface area contributed by atoms with Crippen LogP contribution in [0.1, 0.15) is 35.2 Å². The summed E-state index contributed by atoms with van der Waals surface area (Å²) in [5, 5.41) is 0. The maximum Gasteiger partial charge on any atom is 0.316 e. The molecular formula is C19H21FN4O2. The van der Waals surface area contributed by atoms with E-state index in [0.717, 1.165) is 31.0 Å². The lowest BCUT2D eigenvalue weighted by Crippen LogP contribution is -2.36. The molecule has 1 saturated heterocycles. The average Bonchev–Trinajstić information content (AvgIpc) is 3.18. The van der Waals surface area contributed by atoms with Crippen LogP contribution in [0.15, 0.2) is 30.9 Å². The highest BCUT2D eigenvalue weighted by atomic mass is 19.1. The molecule has 4 rings (SSSR count). The third kappa shape index (κ3) is 3.02. The number of nitrogens with zero attached hydrogens (tertiary/aromatic N) is 4. The Hall–Kier alpha value is -2.57. The van der Waals surface area contributed by atoms with Crippen LogP contribution in [-0.4, -0.2) is 45.5 Å². The zero-order chi connectivity index (χ0) is 18.1. The minimum atomic E-state index is -0.576. The molecule has 0 aromatic carbocycles. The number of halogens is 1. The van der Waals surface area contributed by atoms with Gasteiger partial charge in [0, 0.05) is 37.1 Å². The van der Waals surface area contributed by atoms with Crippen LogP contribution < -0.4 is 4.74 Å². The Labute approximate surface area is 151 Å². The third-order valence-corrected chi connectivity index (χ3v) is 5.58. The van der Waals surface area contributed by atoms with Gasteiger partial charge in [-0.15, -0.1) is 0 Å². The number of hydrogen-bond donors (Lipinski definition) is 0. The number of aryl methyl sites for hydroxylation is 1. The van der Waals surface area contributed by atoms with Gasteiger partial charge in [0.05, 0.1) is 18.4 Å². The van der Waals surface area contributed by atoms with Crippen molar-refractivity contribution in [1.82, 2.24) is 19.9 Å². The number of ether oxygens (including phenoxy) is 1. The highest BCUT2D eigenvalue weighted by Crippen LogP contribution is 2.49. The van der Waals surface area contributed by atoms with Crippen LogP contribution in [0.5, 0.6) is 6.01 Å². The first kappa shape index (κ1) is 16.9. The highest BCUT2D eigenvalue weighted by Gasteiger charge is 2.51. The summed E-state index contributed by atoms with van der Waals surface area (Å²) in [6.45, 7) is 3.61. The van der Waals surface area contributed by atoms with Crippen LogP contribution in [-0.2, 0) is 0 Å². The normalized spacial score (nSPS) is 24.5. The van der Waals surface area contributed by atoms with Crippen molar-refractivity contribution in [2.45, 2.75) is 26.2 Å². The van der Waals surface area contributed by atoms with Crippen molar-refractivity contribution in [3.05, 3.63) is 47.8 Å². The van der Waals surface area contributed by atoms with Gasteiger partial charge in [-0.25, -0.2) is 14.4 Å². The zero-order valence-corrected chi connectivity index (χ0v) is 14.7. The third-order valence-electron chi connectivity index (χ3n) is 5.58. The molecule has 1 aliphatic carbocycles. The van der Waals surface area contributed by atoms with E-state index in [-0.39, 0.29) is 16.9 Å². The SMILES string of the molecule is Cc1cnc(OCC23CCCC2CN(C(=O)c2ccncc2F)C3)nc1. The van der Waals surface area contributed by atoms with Crippen LogP contribution in [0, 0.1) is 24.1 Å². The van der Waals surface area contributed by atoms with Crippen molar-refractivity contribution in [3.8, 4) is 6.01 Å². The predicted octanol–water partition coefficient (Wildman–Crippen LogP) is 2.64. The smallest absolute Gasteiger partial charge is 0.316 e. The molecule has 2 atom stereocenters. The van der Waals surface area contributed by atoms with Gasteiger partial charge in [0.15, 0.2) is 5.82 Å². The van der Waals surface area contributed by atoms with Crippen LogP contribution in [0.3, 0.4) is 0 Å². The largest absolute Gasteiger partial charge is 0.463 e. The molecule has 7 heteroatoms. The molecule has 0 bridgehead atoms. The van der Waals surface area contributed by atoms with E-state index in [1.54, 1.807) is 17.3 Å². The molecule has 0 N–H and O–H groups in total. The van der Waals surface area contributed by atoms with Crippen LogP contribution in [0.2, 0.25) is 0 Å². The molecule has 26 heavy (non-hydrogen) atoms. The Kier molecular flexibility index (Phi) is 4.30. The maximum atomic E-state index is 13.9. The van der Waals surface area contributed by atoms with Gasteiger partial charge in [-0.1, -0.05) is 6.42 Å². The van der Waals surface area contributed by atoms with E-state index < -0.39 is 5.82 Å². The summed E-state index contributed by atoms with van der Waals surface area (Å²) in [7, 11) is 0. The Morgan fingerprint density at radius 3 is 2.96 bits per heavy atom. The summed E-state index contributed by atoms with van der Waals surface area (Å²) < 4.78 is 19.8. The van der Waals surface area contributed by atoms with Gasteiger partial charge in [-0.05, 0) is 37.3 Å². The van der Waals surface area contributed by atoms with E-state index in [2.05, 4.69) is 15.0 Å². The first-order valence-corrected chi connectivity index (χ1v) is 8.88. The standard InChI is InChI=1S/C19H21FN4O2/c1-13-7-22-18(23-8-13)26-12-19-5-2-3-14(19)10-24(11-19)17(25)15-4-6-21-9-16(15)20/h4,6-9,14H,2-3,5,10-12H2,1H3. The fourth-order valence-electron chi connectivity index (χ4n) is 4.19. The van der Waals surface area contributed by atoms with Crippen molar-refractivity contribution in [2.75, 3.05) is 19.7 Å². The monoisotopic (exact) mass is 356 g/mol. The molecule has 2 aromatic heterocycles. The summed E-state index contributed by atoms with van der Waals surface area (Å²) >= 11 is 0. The molecule has 2 aromatic rings. The van der Waals surface area contributed by atoms with Gasteiger partial charge in [-0.2, -0.15) is 0 Å². The van der Waals surface area contributed by atoms with E-state index in [1.807, 2.05) is 6.92 Å². The molecular weight excluding hydrogens is 335 g/mol. The van der Waals surface area contributed by atoms with Crippen molar-refractivity contribution in [1.29, 1.82) is 0 Å². The van der Waals surface area contributed by atoms with E-state index in [1.165, 1.54) is 12.3 Å². The molecule has 0 radical (unpaired) electrons. The molecule has 136 valence electrons. The Morgan fingerprint density at radius 2 is 2.19 bits per heavy atom. The lowest BCUT2D eigenvalue weighted by atomic mass is 9.82. The maximum absolute atomic E-state index is 13.9. The van der Waals surface area contributed by atoms with E-state index in [0.29, 0.717) is 31.6 Å². The van der Waals surface area contributed by atoms with Crippen LogP contribution >= 0.6 is 0 Å². The van der Waals surface area contributed by atoms with E-state index >= 15 is 0 Å². The Morgan fingerprint density at radius 1 is 1.38 bits per heavy atom. The quantitative estimate of drug-likeness (QED) is 0.842. The molecule has 1 saturated carbocycles. The highest BCUT2D eigenvalue weighted by molar-refractivity contribution is 5.94. The molecule has 1 aliphatic heterocycles. The molecule has 0 spiro atoms. The first-order chi connectivity index (χ1) is 12.6. The Balaban J connectivity index is 1.48. The number of pyridine rings is 1. The number of amides is 1. The molecule has 1 amide bonds. The molecule has 6 nitrogen and oxygen atoms in total. The van der Waals surface area contributed by atoms with Gasteiger partial charge in [-0.3, -0.25) is 9.78 Å². The van der Waals surface area contributed by atoms with Gasteiger partial charge in [0.25, 0.3) is 5.91 Å². The van der Waals surface area contributed by atoms with Gasteiger partial charge in [0.2, 0.25) is 0 Å². The average molecular weight is 356 g/mol. The summed E-state index contributed by atoms with van der Waals surface area (Å²) in [4.78, 5) is 26.6. The van der Waals surface area contributed by atoms with Crippen LogP contribution in [0.25, 0.3) is 0 Å². The minimum absolute atomic E-state index is 0.0814. The summed E-state index contributed by atoms with van der Waals surface area (Å²) in [6.07, 6.45) is 9.14. The Bertz CT molecular complexity index is 813. The van der Waals surface area contributed by atoms with Crippen molar-refractivity contribution >= 4 is 5.91 Å². The van der Waals surface area contributed by atoms with Crippen molar-refractivity contribution < 1.29 is 13.9 Å². The second kappa shape index (κ2) is 6.63. The summed E-state index contributed by atoms with van der Waals surface area (Å²) in [5.41, 5.74) is 0.956. The lowest BCUT2D eigenvalue weighted by molar-refractivity contribution is 0.0737. The van der Waals surface area contributed by atoms with Gasteiger partial charge >= 0.3 is 6.01 Å². The van der Waals surface area contributed by atoms with E-state index in [9.17, 15) is 9.18 Å². The topological polar surface area (TPSA) is 68.2 Å². The lowest BCUT2D eigenvalue weighted by Gasteiger charge is -2.28. The van der Waals surface area contributed by atoms with Crippen LogP contribution in [0.4, 0.5) is 4.39 Å². The van der Waals surface area contributed by atoms with E-state index in [4.69, 9.17) is 4.74 Å². The molecule has 3 heterocycles. The van der Waals surface area contributed by atoms with Gasteiger partial charge in [0.1, 0.15) is 0 Å². The molecule has 2 unspecified atom stereocenters. The predicted molar refractivity (Wildman–Crippen MR) is 92.1 cm³/mol. The fourth-order valence-corrected chi connectivity index (χ4v) is 4.19. The molecule has 2 aliphatic rings. The van der Waals surface area contributed by atoms with Gasteiger partial charge < -0.3 is 9.64 Å². The second-order valence-electron chi connectivity index (χ2n) is 7.32. The number of hydrogen-bond acceptors (Lipinski definition) is 5. The zero-order valence-electron chi connectivity index (χ0n) is 14.7. The number of fused-ring (bicyclic) bond motifs is 1. The fraction of sp³-hybridized carbons (Fsp3) is 0.474. The van der Waals surface area contributed by atoms with Crippen molar-refractivity contribution in [3.63, 3.8) is 0 Å². The second-order valence-corrected chi connectivity index (χ2v) is 7.32. The number of carbonyl (C=O) groups is 1. The minimum Gasteiger partial charge on any atom is -0.463 e. The first-order valence-electron chi connectivity index (χ1n) is 8.88. The number of rotatable bonds is 4.